The minimum atomic E-state index is -0.384. The van der Waals surface area contributed by atoms with E-state index in [1.165, 1.54) is 4.90 Å². The summed E-state index contributed by atoms with van der Waals surface area (Å²) < 4.78 is 5.52. The third-order valence-electron chi connectivity index (χ3n) is 5.77. The van der Waals surface area contributed by atoms with Crippen molar-refractivity contribution in [2.24, 2.45) is 0 Å². The number of ether oxygens (including phenoxy) is 1. The molecule has 6 nitrogen and oxygen atoms in total. The molecule has 0 spiro atoms. The van der Waals surface area contributed by atoms with E-state index in [9.17, 15) is 9.59 Å². The Bertz CT molecular complexity index is 1280. The number of carbonyl (C=O) groups is 2. The number of carbonyl (C=O) groups excluding carboxylic acids is 2. The lowest BCUT2D eigenvalue weighted by atomic mass is 9.97. The molecule has 0 saturated carbocycles. The highest BCUT2D eigenvalue weighted by Gasteiger charge is 2.40. The fraction of sp³-hybridized carbons (Fsp3) is 0.214. The summed E-state index contributed by atoms with van der Waals surface area (Å²) in [6.45, 7) is 6.46. The SMILES string of the molecule is CCOc1ccc(NC2=C(c3ccc(C)cc3C)C(=O)N(c3cccc(N(C)C)c3)C2=O)cc1. The summed E-state index contributed by atoms with van der Waals surface area (Å²) in [5, 5.41) is 3.22. The first kappa shape index (κ1) is 23.1. The van der Waals surface area contributed by atoms with E-state index in [1.807, 2.05) is 100 Å². The van der Waals surface area contributed by atoms with Crippen molar-refractivity contribution < 1.29 is 14.3 Å². The Morgan fingerprint density at radius 3 is 2.29 bits per heavy atom. The van der Waals surface area contributed by atoms with E-state index < -0.39 is 0 Å². The first-order chi connectivity index (χ1) is 16.3. The van der Waals surface area contributed by atoms with Crippen molar-refractivity contribution in [3.8, 4) is 5.75 Å². The van der Waals surface area contributed by atoms with Crippen molar-refractivity contribution >= 4 is 34.4 Å². The molecule has 4 rings (SSSR count). The van der Waals surface area contributed by atoms with E-state index in [1.54, 1.807) is 6.07 Å². The first-order valence-corrected chi connectivity index (χ1v) is 11.3. The molecule has 2 amide bonds. The van der Waals surface area contributed by atoms with Gasteiger partial charge in [-0.05, 0) is 74.4 Å². The van der Waals surface area contributed by atoms with Crippen LogP contribution in [0.4, 0.5) is 17.1 Å². The van der Waals surface area contributed by atoms with Gasteiger partial charge in [-0.2, -0.15) is 0 Å². The number of hydrogen-bond donors (Lipinski definition) is 1. The van der Waals surface area contributed by atoms with Crippen molar-refractivity contribution in [1.29, 1.82) is 0 Å². The second kappa shape index (κ2) is 9.43. The molecular formula is C28H29N3O3. The molecule has 3 aromatic carbocycles. The predicted molar refractivity (Wildman–Crippen MR) is 137 cm³/mol. The maximum absolute atomic E-state index is 13.7. The third kappa shape index (κ3) is 4.39. The maximum Gasteiger partial charge on any atom is 0.282 e. The van der Waals surface area contributed by atoms with Crippen molar-refractivity contribution in [3.63, 3.8) is 0 Å². The lowest BCUT2D eigenvalue weighted by Gasteiger charge is -2.19. The lowest BCUT2D eigenvalue weighted by molar-refractivity contribution is -0.120. The van der Waals surface area contributed by atoms with Crippen molar-refractivity contribution in [1.82, 2.24) is 0 Å². The highest BCUT2D eigenvalue weighted by Crippen LogP contribution is 2.36. The minimum absolute atomic E-state index is 0.261. The second-order valence-electron chi connectivity index (χ2n) is 8.51. The Labute approximate surface area is 200 Å². The zero-order chi connectivity index (χ0) is 24.4. The van der Waals surface area contributed by atoms with Gasteiger partial charge in [-0.15, -0.1) is 0 Å². The molecule has 1 aliphatic rings. The smallest absolute Gasteiger partial charge is 0.282 e. The summed E-state index contributed by atoms with van der Waals surface area (Å²) >= 11 is 0. The molecular weight excluding hydrogens is 426 g/mol. The van der Waals surface area contributed by atoms with E-state index in [-0.39, 0.29) is 17.5 Å². The Hall–Kier alpha value is -4.06. The number of anilines is 3. The molecule has 34 heavy (non-hydrogen) atoms. The van der Waals surface area contributed by atoms with Gasteiger partial charge in [0.15, 0.2) is 0 Å². The van der Waals surface area contributed by atoms with Gasteiger partial charge in [-0.1, -0.05) is 29.8 Å². The van der Waals surface area contributed by atoms with Gasteiger partial charge < -0.3 is 15.0 Å². The number of rotatable bonds is 7. The quantitative estimate of drug-likeness (QED) is 0.499. The molecule has 0 saturated heterocycles. The van der Waals surface area contributed by atoms with Crippen LogP contribution in [0.3, 0.4) is 0 Å². The summed E-state index contributed by atoms with van der Waals surface area (Å²) in [6, 6.07) is 20.6. The average molecular weight is 456 g/mol. The molecule has 0 unspecified atom stereocenters. The molecule has 0 radical (unpaired) electrons. The van der Waals surface area contributed by atoms with Gasteiger partial charge in [0.25, 0.3) is 11.8 Å². The van der Waals surface area contributed by atoms with Crippen LogP contribution < -0.4 is 19.9 Å². The Morgan fingerprint density at radius 1 is 0.912 bits per heavy atom. The van der Waals surface area contributed by atoms with Crippen LogP contribution in [-0.4, -0.2) is 32.5 Å². The fourth-order valence-electron chi connectivity index (χ4n) is 4.08. The van der Waals surface area contributed by atoms with Crippen LogP contribution >= 0.6 is 0 Å². The highest BCUT2D eigenvalue weighted by molar-refractivity contribution is 6.46. The van der Waals surface area contributed by atoms with Crippen molar-refractivity contribution in [2.45, 2.75) is 20.8 Å². The van der Waals surface area contributed by atoms with Crippen LogP contribution in [0, 0.1) is 13.8 Å². The van der Waals surface area contributed by atoms with E-state index in [0.717, 1.165) is 28.1 Å². The molecule has 0 aromatic heterocycles. The summed E-state index contributed by atoms with van der Waals surface area (Å²) in [7, 11) is 3.84. The van der Waals surface area contributed by atoms with E-state index in [4.69, 9.17) is 4.74 Å². The minimum Gasteiger partial charge on any atom is -0.494 e. The number of imide groups is 1. The number of benzene rings is 3. The Kier molecular flexibility index (Phi) is 6.41. The summed E-state index contributed by atoms with van der Waals surface area (Å²) in [5.74, 6) is 0.0126. The maximum atomic E-state index is 13.7. The van der Waals surface area contributed by atoms with Gasteiger partial charge in [0.1, 0.15) is 11.4 Å². The third-order valence-corrected chi connectivity index (χ3v) is 5.77. The van der Waals surface area contributed by atoms with Gasteiger partial charge in [0, 0.05) is 25.5 Å². The van der Waals surface area contributed by atoms with Crippen LogP contribution in [-0.2, 0) is 9.59 Å². The van der Waals surface area contributed by atoms with Crippen LogP contribution in [0.2, 0.25) is 0 Å². The molecule has 6 heteroatoms. The van der Waals surface area contributed by atoms with Gasteiger partial charge in [-0.3, -0.25) is 9.59 Å². The van der Waals surface area contributed by atoms with Crippen molar-refractivity contribution in [3.05, 3.63) is 89.1 Å². The molecule has 174 valence electrons. The standard InChI is InChI=1S/C28H29N3O3/c1-6-34-23-13-11-20(12-14-23)29-26-25(24-15-10-18(2)16-19(24)3)27(32)31(28(26)33)22-9-7-8-21(17-22)30(4)5/h7-17,29H,6H2,1-5H3. The number of nitrogens with one attached hydrogen (secondary N) is 1. The summed E-state index contributed by atoms with van der Waals surface area (Å²) in [6.07, 6.45) is 0. The van der Waals surface area contributed by atoms with Crippen LogP contribution in [0.1, 0.15) is 23.6 Å². The number of aryl methyl sites for hydroxylation is 2. The van der Waals surface area contributed by atoms with Crippen LogP contribution in [0.25, 0.3) is 5.57 Å². The molecule has 1 N–H and O–H groups in total. The molecule has 0 fully saturated rings. The van der Waals surface area contributed by atoms with Gasteiger partial charge in [-0.25, -0.2) is 4.90 Å². The lowest BCUT2D eigenvalue weighted by Crippen LogP contribution is -2.32. The molecule has 0 bridgehead atoms. The zero-order valence-electron chi connectivity index (χ0n) is 20.2. The summed E-state index contributed by atoms with van der Waals surface area (Å²) in [4.78, 5) is 30.6. The van der Waals surface area contributed by atoms with Gasteiger partial charge >= 0.3 is 0 Å². The van der Waals surface area contributed by atoms with E-state index in [0.29, 0.717) is 23.6 Å². The average Bonchev–Trinajstić information content (AvgIpc) is 3.05. The zero-order valence-corrected chi connectivity index (χ0v) is 20.2. The Morgan fingerprint density at radius 2 is 1.65 bits per heavy atom. The van der Waals surface area contributed by atoms with E-state index in [2.05, 4.69) is 5.32 Å². The Balaban J connectivity index is 1.80. The van der Waals surface area contributed by atoms with Crippen LogP contribution in [0.15, 0.2) is 72.4 Å². The monoisotopic (exact) mass is 455 g/mol. The largest absolute Gasteiger partial charge is 0.494 e. The fourth-order valence-corrected chi connectivity index (χ4v) is 4.08. The molecule has 1 heterocycles. The first-order valence-electron chi connectivity index (χ1n) is 11.3. The molecule has 0 atom stereocenters. The van der Waals surface area contributed by atoms with Crippen molar-refractivity contribution in [2.75, 3.05) is 35.8 Å². The van der Waals surface area contributed by atoms with Gasteiger partial charge in [0.2, 0.25) is 0 Å². The topological polar surface area (TPSA) is 61.9 Å². The molecule has 1 aliphatic heterocycles. The summed E-state index contributed by atoms with van der Waals surface area (Å²) in [5.41, 5.74) is 5.53. The number of amides is 2. The number of nitrogens with zero attached hydrogens (tertiary/aromatic N) is 2. The second-order valence-corrected chi connectivity index (χ2v) is 8.51. The normalized spacial score (nSPS) is 13.5. The van der Waals surface area contributed by atoms with Crippen LogP contribution in [0.5, 0.6) is 5.75 Å². The van der Waals surface area contributed by atoms with Gasteiger partial charge in [0.05, 0.1) is 17.9 Å². The number of hydrogen-bond acceptors (Lipinski definition) is 5. The van der Waals surface area contributed by atoms with E-state index >= 15 is 0 Å². The molecule has 3 aromatic rings. The highest BCUT2D eigenvalue weighted by atomic mass is 16.5. The molecule has 0 aliphatic carbocycles. The predicted octanol–water partition coefficient (Wildman–Crippen LogP) is 5.16.